The second kappa shape index (κ2) is 60.6. The monoisotopic (exact) mass is 1270 g/mol. The summed E-state index contributed by atoms with van der Waals surface area (Å²) in [7, 11) is -9.89. The molecule has 86 heavy (non-hydrogen) atoms. The predicted octanol–water partition coefficient (Wildman–Crippen LogP) is 19.0. The molecule has 510 valence electrons. The number of aliphatic hydroxyl groups is 1. The average molecular weight is 1270 g/mol. The second-order valence-electron chi connectivity index (χ2n) is 24.7. The fourth-order valence-electron chi connectivity index (χ4n) is 10.1. The molecule has 0 saturated heterocycles. The van der Waals surface area contributed by atoms with Gasteiger partial charge in [-0.25, -0.2) is 9.13 Å². The fraction of sp³-hybridized carbons (Fsp3) is 0.940. The summed E-state index contributed by atoms with van der Waals surface area (Å²) in [5.74, 6) is -1.33. The molecule has 0 radical (unpaired) electrons. The Balaban J connectivity index is 5.17. The molecule has 5 atom stereocenters. The highest BCUT2D eigenvalue weighted by atomic mass is 31.2. The topological polar surface area (TPSA) is 237 Å². The van der Waals surface area contributed by atoms with Gasteiger partial charge in [-0.3, -0.25) is 37.3 Å². The SMILES string of the molecule is CCCCCCCCCCCCC(=O)OC[C@H](COP(=O)(O)OC[C@@H](O)COP(=O)(O)OC[C@@H](COC(=O)CCCCCCCCCCC)OC(=O)CCCCCCCCCCC)OC(=O)CCCCCCCCCCCCCCCCCC(C)C. The fourth-order valence-corrected chi connectivity index (χ4v) is 11.7. The third-order valence-corrected chi connectivity index (χ3v) is 17.4. The lowest BCUT2D eigenvalue weighted by atomic mass is 10.0. The number of rotatable bonds is 67. The summed E-state index contributed by atoms with van der Waals surface area (Å²) < 4.78 is 68.0. The number of ether oxygens (including phenoxy) is 4. The first-order valence-corrected chi connectivity index (χ1v) is 38.1. The van der Waals surface area contributed by atoms with E-state index in [-0.39, 0.29) is 25.7 Å². The van der Waals surface area contributed by atoms with Crippen LogP contribution in [0.4, 0.5) is 0 Å². The van der Waals surface area contributed by atoms with Crippen LogP contribution in [-0.4, -0.2) is 96.7 Å². The van der Waals surface area contributed by atoms with Gasteiger partial charge in [0.25, 0.3) is 0 Å². The van der Waals surface area contributed by atoms with Gasteiger partial charge in [-0.05, 0) is 31.6 Å². The molecule has 19 heteroatoms. The largest absolute Gasteiger partial charge is 0.472 e. The molecule has 0 heterocycles. The van der Waals surface area contributed by atoms with Gasteiger partial charge in [0.05, 0.1) is 26.4 Å². The molecule has 0 rings (SSSR count). The van der Waals surface area contributed by atoms with Crippen molar-refractivity contribution in [1.29, 1.82) is 0 Å². The molecule has 0 aliphatic heterocycles. The standard InChI is InChI=1S/C67H130O17P2/c1-6-9-12-15-18-21-32-36-41-46-51-65(70)78-57-63(84-67(72)53-48-43-38-33-28-26-24-22-23-25-27-31-34-39-44-49-60(4)5)59-82-86(75,76)80-55-61(68)54-79-85(73,74)81-58-62(83-66(71)52-47-42-37-30-20-17-14-11-8-3)56-77-64(69)50-45-40-35-29-19-16-13-10-7-2/h60-63,68H,6-59H2,1-5H3,(H,73,74)(H,75,76)/t61-,62+,63+/m0/s1. The molecule has 0 aromatic rings. The summed E-state index contributed by atoms with van der Waals surface area (Å²) in [6, 6.07) is 0. The normalized spacial score (nSPS) is 14.2. The minimum atomic E-state index is -4.95. The Kier molecular flexibility index (Phi) is 59.2. The smallest absolute Gasteiger partial charge is 0.462 e. The second-order valence-corrected chi connectivity index (χ2v) is 27.6. The van der Waals surface area contributed by atoms with Gasteiger partial charge in [0.1, 0.15) is 19.3 Å². The highest BCUT2D eigenvalue weighted by Crippen LogP contribution is 2.45. The molecular formula is C67H130O17P2. The first-order valence-electron chi connectivity index (χ1n) is 35.1. The number of hydrogen-bond donors (Lipinski definition) is 3. The Bertz CT molecular complexity index is 1670. The Labute approximate surface area is 524 Å². The summed E-state index contributed by atoms with van der Waals surface area (Å²) in [4.78, 5) is 72.2. The molecule has 2 unspecified atom stereocenters. The number of carbonyl (C=O) groups is 4. The minimum Gasteiger partial charge on any atom is -0.462 e. The number of carbonyl (C=O) groups excluding carboxylic acids is 4. The summed E-state index contributed by atoms with van der Waals surface area (Å²) in [5, 5.41) is 10.5. The Morgan fingerprint density at radius 2 is 0.535 bits per heavy atom. The highest BCUT2D eigenvalue weighted by molar-refractivity contribution is 7.47. The molecule has 0 aliphatic rings. The van der Waals surface area contributed by atoms with Crippen LogP contribution in [0.15, 0.2) is 0 Å². The maximum Gasteiger partial charge on any atom is 0.472 e. The summed E-state index contributed by atoms with van der Waals surface area (Å²) in [6.45, 7) is 7.21. The van der Waals surface area contributed by atoms with E-state index >= 15 is 0 Å². The quantitative estimate of drug-likeness (QED) is 0.0222. The van der Waals surface area contributed by atoms with E-state index in [1.165, 1.54) is 167 Å². The number of hydrogen-bond acceptors (Lipinski definition) is 15. The van der Waals surface area contributed by atoms with Crippen LogP contribution in [0.25, 0.3) is 0 Å². The molecule has 0 aliphatic carbocycles. The summed E-state index contributed by atoms with van der Waals surface area (Å²) in [6.07, 6.45) is 45.8. The van der Waals surface area contributed by atoms with Gasteiger partial charge in [0.15, 0.2) is 12.2 Å². The highest BCUT2D eigenvalue weighted by Gasteiger charge is 2.30. The van der Waals surface area contributed by atoms with Gasteiger partial charge in [-0.15, -0.1) is 0 Å². The zero-order chi connectivity index (χ0) is 63.5. The zero-order valence-electron chi connectivity index (χ0n) is 55.4. The Morgan fingerprint density at radius 1 is 0.314 bits per heavy atom. The third-order valence-electron chi connectivity index (χ3n) is 15.5. The molecule has 0 saturated carbocycles. The van der Waals surface area contributed by atoms with E-state index in [1.807, 2.05) is 0 Å². The molecule has 0 aromatic heterocycles. The van der Waals surface area contributed by atoms with Crippen LogP contribution < -0.4 is 0 Å². The van der Waals surface area contributed by atoms with Crippen LogP contribution >= 0.6 is 15.6 Å². The van der Waals surface area contributed by atoms with Gasteiger partial charge in [-0.1, -0.05) is 291 Å². The van der Waals surface area contributed by atoms with Crippen molar-refractivity contribution in [2.75, 3.05) is 39.6 Å². The third kappa shape index (κ3) is 60.9. The predicted molar refractivity (Wildman–Crippen MR) is 345 cm³/mol. The number of unbranched alkanes of at least 4 members (excludes halogenated alkanes) is 39. The first-order chi connectivity index (χ1) is 41.5. The summed E-state index contributed by atoms with van der Waals surface area (Å²) in [5.41, 5.74) is 0. The van der Waals surface area contributed by atoms with Crippen LogP contribution in [0.2, 0.25) is 0 Å². The number of phosphoric acid groups is 2. The van der Waals surface area contributed by atoms with Gasteiger partial charge in [0, 0.05) is 25.7 Å². The van der Waals surface area contributed by atoms with Crippen molar-refractivity contribution < 1.29 is 80.2 Å². The van der Waals surface area contributed by atoms with Gasteiger partial charge < -0.3 is 33.8 Å². The van der Waals surface area contributed by atoms with Crippen LogP contribution in [0.3, 0.4) is 0 Å². The van der Waals surface area contributed by atoms with E-state index in [0.29, 0.717) is 25.7 Å². The van der Waals surface area contributed by atoms with E-state index in [0.717, 1.165) is 95.8 Å². The van der Waals surface area contributed by atoms with E-state index < -0.39 is 97.5 Å². The molecule has 3 N–H and O–H groups in total. The van der Waals surface area contributed by atoms with Crippen LogP contribution in [0, 0.1) is 5.92 Å². The van der Waals surface area contributed by atoms with Gasteiger partial charge >= 0.3 is 39.5 Å². The Hall–Kier alpha value is -1.94. The zero-order valence-corrected chi connectivity index (χ0v) is 57.2. The van der Waals surface area contributed by atoms with E-state index in [9.17, 15) is 43.2 Å². The maximum atomic E-state index is 13.0. The minimum absolute atomic E-state index is 0.106. The number of phosphoric ester groups is 2. The van der Waals surface area contributed by atoms with Crippen molar-refractivity contribution in [1.82, 2.24) is 0 Å². The maximum absolute atomic E-state index is 13.0. The van der Waals surface area contributed by atoms with Crippen LogP contribution in [-0.2, 0) is 65.4 Å². The Morgan fingerprint density at radius 3 is 0.791 bits per heavy atom. The number of esters is 4. The van der Waals surface area contributed by atoms with Gasteiger partial charge in [0.2, 0.25) is 0 Å². The molecular weight excluding hydrogens is 1140 g/mol. The molecule has 0 amide bonds. The lowest BCUT2D eigenvalue weighted by Gasteiger charge is -2.21. The van der Waals surface area contributed by atoms with Crippen LogP contribution in [0.5, 0.6) is 0 Å². The lowest BCUT2D eigenvalue weighted by molar-refractivity contribution is -0.161. The van der Waals surface area contributed by atoms with Crippen molar-refractivity contribution in [3.63, 3.8) is 0 Å². The first kappa shape index (κ1) is 84.1. The van der Waals surface area contributed by atoms with Crippen molar-refractivity contribution in [3.05, 3.63) is 0 Å². The average Bonchev–Trinajstić information content (AvgIpc) is 3.65. The summed E-state index contributed by atoms with van der Waals surface area (Å²) >= 11 is 0. The van der Waals surface area contributed by atoms with Crippen LogP contribution in [0.1, 0.15) is 343 Å². The van der Waals surface area contributed by atoms with Crippen molar-refractivity contribution in [2.45, 2.75) is 361 Å². The van der Waals surface area contributed by atoms with Gasteiger partial charge in [-0.2, -0.15) is 0 Å². The van der Waals surface area contributed by atoms with E-state index in [1.54, 1.807) is 0 Å². The van der Waals surface area contributed by atoms with Crippen molar-refractivity contribution >= 4 is 39.5 Å². The molecule has 0 bridgehead atoms. The van der Waals surface area contributed by atoms with E-state index in [4.69, 9.17) is 37.0 Å². The molecule has 17 nitrogen and oxygen atoms in total. The number of aliphatic hydroxyl groups excluding tert-OH is 1. The molecule has 0 aromatic carbocycles. The van der Waals surface area contributed by atoms with Crippen molar-refractivity contribution in [2.24, 2.45) is 5.92 Å². The van der Waals surface area contributed by atoms with Crippen molar-refractivity contribution in [3.8, 4) is 0 Å². The lowest BCUT2D eigenvalue weighted by Crippen LogP contribution is -2.30. The molecule has 0 spiro atoms. The van der Waals surface area contributed by atoms with E-state index in [2.05, 4.69) is 34.6 Å². The molecule has 0 fully saturated rings.